The molecule has 0 amide bonds. The molecule has 5 rings (SSSR count). The molecule has 0 saturated carbocycles. The van der Waals surface area contributed by atoms with E-state index in [1.807, 2.05) is 0 Å². The van der Waals surface area contributed by atoms with Gasteiger partial charge in [0.25, 0.3) is 0 Å². The minimum Gasteiger partial charge on any atom is -1.00 e. The van der Waals surface area contributed by atoms with E-state index in [1.54, 1.807) is 31.5 Å². The Morgan fingerprint density at radius 3 is 1.38 bits per heavy atom. The van der Waals surface area contributed by atoms with Crippen molar-refractivity contribution in [1.82, 2.24) is 0 Å². The zero-order chi connectivity index (χ0) is 20.8. The van der Waals surface area contributed by atoms with Gasteiger partial charge in [0.2, 0.25) is 0 Å². The molecule has 0 atom stereocenters. The zero-order valence-corrected chi connectivity index (χ0v) is 24.5. The first kappa shape index (κ1) is 27.3. The van der Waals surface area contributed by atoms with Gasteiger partial charge in [-0.3, -0.25) is 0 Å². The van der Waals surface area contributed by atoms with Crippen LogP contribution < -0.4 is 24.8 Å². The maximum absolute atomic E-state index is 2.42. The maximum Gasteiger partial charge on any atom is -1.00 e. The van der Waals surface area contributed by atoms with Crippen LogP contribution in [0.25, 0.3) is 11.1 Å². The second-order valence-electron chi connectivity index (χ2n) is 8.64. The van der Waals surface area contributed by atoms with Crippen molar-refractivity contribution < 1.29 is 48.0 Å². The van der Waals surface area contributed by atoms with E-state index in [1.165, 1.54) is 46.3 Å². The Hall–Kier alpha value is -0.920. The molecule has 1 heterocycles. The van der Waals surface area contributed by atoms with Gasteiger partial charge in [-0.15, -0.1) is 0 Å². The summed E-state index contributed by atoms with van der Waals surface area (Å²) in [5.41, 5.74) is 8.83. The summed E-state index contributed by atoms with van der Waals surface area (Å²) in [6.07, 6.45) is 10.3. The Bertz CT molecular complexity index is 915. The summed E-state index contributed by atoms with van der Waals surface area (Å²) in [5, 5.41) is 0. The third kappa shape index (κ3) is 7.29. The summed E-state index contributed by atoms with van der Waals surface area (Å²) >= 11 is -0.675. The molecular weight excluding hydrogens is 527 g/mol. The third-order valence-electron chi connectivity index (χ3n) is 6.31. The topological polar surface area (TPSA) is 0 Å². The molecule has 2 aromatic carbocycles. The third-order valence-corrected chi connectivity index (χ3v) is 12.6. The first-order chi connectivity index (χ1) is 14.7. The van der Waals surface area contributed by atoms with E-state index in [0.717, 1.165) is 0 Å². The zero-order valence-electron chi connectivity index (χ0n) is 19.1. The van der Waals surface area contributed by atoms with Crippen LogP contribution in [0.2, 0.25) is 12.1 Å². The molecule has 1 saturated heterocycles. The minimum atomic E-state index is -0.675. The average molecular weight is 559 g/mol. The first-order valence-corrected chi connectivity index (χ1v) is 15.8. The van der Waals surface area contributed by atoms with E-state index in [9.17, 15) is 0 Å². The van der Waals surface area contributed by atoms with Crippen molar-refractivity contribution in [3.8, 4) is 0 Å². The SMILES string of the molecule is C1CC[SiH2]C1.CC1=[C]([Zr+2][C]2=C(C)C=C(c3ccccc3)C2)CC(c2ccccc2)=C1.[Cl-].[Cl-]. The Kier molecular flexibility index (Phi) is 11.7. The van der Waals surface area contributed by atoms with Gasteiger partial charge in [0.1, 0.15) is 0 Å². The largest absolute Gasteiger partial charge is 1.00 e. The van der Waals surface area contributed by atoms with Crippen molar-refractivity contribution in [2.24, 2.45) is 0 Å². The van der Waals surface area contributed by atoms with Gasteiger partial charge < -0.3 is 24.8 Å². The molecule has 1 fully saturated rings. The Morgan fingerprint density at radius 2 is 1.03 bits per heavy atom. The smallest absolute Gasteiger partial charge is 1.00 e. The van der Waals surface area contributed by atoms with Crippen molar-refractivity contribution in [2.75, 3.05) is 0 Å². The fourth-order valence-electron chi connectivity index (χ4n) is 4.49. The molecule has 3 aliphatic rings. The molecule has 2 aliphatic carbocycles. The molecule has 2 aromatic rings. The van der Waals surface area contributed by atoms with Crippen LogP contribution in [0.4, 0.5) is 0 Å². The van der Waals surface area contributed by atoms with Gasteiger partial charge in [-0.2, -0.15) is 0 Å². The summed E-state index contributed by atoms with van der Waals surface area (Å²) < 4.78 is 3.50. The van der Waals surface area contributed by atoms with Crippen LogP contribution in [0.15, 0.2) is 90.5 Å². The van der Waals surface area contributed by atoms with Gasteiger partial charge in [-0.25, -0.2) is 0 Å². The number of allylic oxidation sites excluding steroid dienone is 8. The standard InChI is InChI=1S/2C12H11.C4H10Si.2ClH.Zr/c2*1-10-7-8-12(9-10)11-5-3-2-4-6-11;1-2-4-5-3-1;;;/h2*2-6,9H,8H2,1H3;1-5H2;2*1H;/q;;;;;+2/p-2. The first-order valence-electron chi connectivity index (χ1n) is 11.4. The van der Waals surface area contributed by atoms with Crippen LogP contribution in [0.3, 0.4) is 0 Å². The van der Waals surface area contributed by atoms with Crippen molar-refractivity contribution >= 4 is 20.7 Å². The predicted molar refractivity (Wildman–Crippen MR) is 131 cm³/mol. The second kappa shape index (κ2) is 13.7. The van der Waals surface area contributed by atoms with Crippen LogP contribution in [0, 0.1) is 0 Å². The summed E-state index contributed by atoms with van der Waals surface area (Å²) in [7, 11) is 0.543. The average Bonchev–Trinajstić information content (AvgIpc) is 3.54. The molecule has 0 spiro atoms. The van der Waals surface area contributed by atoms with Gasteiger partial charge in [0.15, 0.2) is 0 Å². The Morgan fingerprint density at radius 1 is 0.625 bits per heavy atom. The molecule has 166 valence electrons. The molecule has 0 unspecified atom stereocenters. The normalized spacial score (nSPS) is 16.9. The van der Waals surface area contributed by atoms with Crippen molar-refractivity contribution in [3.05, 3.63) is 102 Å². The van der Waals surface area contributed by atoms with Crippen LogP contribution in [0.5, 0.6) is 0 Å². The van der Waals surface area contributed by atoms with Crippen LogP contribution in [-0.2, 0) is 23.2 Å². The van der Waals surface area contributed by atoms with Crippen molar-refractivity contribution in [3.63, 3.8) is 0 Å². The monoisotopic (exact) mass is 556 g/mol. The van der Waals surface area contributed by atoms with Crippen LogP contribution in [0.1, 0.15) is 50.7 Å². The van der Waals surface area contributed by atoms with Crippen molar-refractivity contribution in [1.29, 1.82) is 0 Å². The maximum atomic E-state index is 2.42. The predicted octanol–water partition coefficient (Wildman–Crippen LogP) is 1.39. The number of rotatable bonds is 4. The van der Waals surface area contributed by atoms with E-state index in [2.05, 4.69) is 86.7 Å². The molecule has 1 aliphatic heterocycles. The fourth-order valence-corrected chi connectivity index (χ4v) is 9.84. The molecule has 0 aromatic heterocycles. The molecule has 0 N–H and O–H groups in total. The number of benzene rings is 2. The van der Waals surface area contributed by atoms with Gasteiger partial charge in [0, 0.05) is 9.52 Å². The number of hydrogen-bond acceptors (Lipinski definition) is 0. The number of halogens is 2. The van der Waals surface area contributed by atoms with Crippen molar-refractivity contribution in [2.45, 2.75) is 51.6 Å². The summed E-state index contributed by atoms with van der Waals surface area (Å²) in [4.78, 5) is 0. The summed E-state index contributed by atoms with van der Waals surface area (Å²) in [6.45, 7) is 4.62. The molecule has 0 nitrogen and oxygen atoms in total. The molecule has 32 heavy (non-hydrogen) atoms. The minimum absolute atomic E-state index is 0. The van der Waals surface area contributed by atoms with Crippen LogP contribution >= 0.6 is 0 Å². The van der Waals surface area contributed by atoms with E-state index < -0.39 is 23.2 Å². The van der Waals surface area contributed by atoms with E-state index in [-0.39, 0.29) is 24.8 Å². The van der Waals surface area contributed by atoms with E-state index in [0.29, 0.717) is 9.52 Å². The van der Waals surface area contributed by atoms with Gasteiger partial charge in [-0.05, 0) is 0 Å². The molecule has 0 radical (unpaired) electrons. The molecule has 0 bridgehead atoms. The fraction of sp³-hybridized carbons (Fsp3) is 0.286. The van der Waals surface area contributed by atoms with Gasteiger partial charge in [0.05, 0.1) is 0 Å². The molecular formula is C28H32Cl2SiZr. The van der Waals surface area contributed by atoms with E-state index >= 15 is 0 Å². The van der Waals surface area contributed by atoms with Gasteiger partial charge in [-0.1, -0.05) is 24.9 Å². The Labute approximate surface area is 220 Å². The van der Waals surface area contributed by atoms with Gasteiger partial charge >= 0.3 is 163 Å². The molecule has 4 heteroatoms. The van der Waals surface area contributed by atoms with E-state index in [4.69, 9.17) is 0 Å². The Balaban J connectivity index is 0.000000460. The second-order valence-corrected chi connectivity index (χ2v) is 14.3. The number of hydrogen-bond donors (Lipinski definition) is 0. The quantitative estimate of drug-likeness (QED) is 0.498. The summed E-state index contributed by atoms with van der Waals surface area (Å²) in [6, 6.07) is 25.0. The van der Waals surface area contributed by atoms with Crippen LogP contribution in [-0.4, -0.2) is 9.52 Å². The summed E-state index contributed by atoms with van der Waals surface area (Å²) in [5.74, 6) is 0.